The number of amides is 1. The molecular weight excluding hydrogens is 478 g/mol. The Kier molecular flexibility index (Phi) is 6.76. The number of nitrogens with one attached hydrogen (secondary N) is 1. The predicted molar refractivity (Wildman–Crippen MR) is 139 cm³/mol. The molecule has 2 aliphatic heterocycles. The van der Waals surface area contributed by atoms with Crippen molar-refractivity contribution in [2.75, 3.05) is 20.3 Å². The summed E-state index contributed by atoms with van der Waals surface area (Å²) in [6.45, 7) is 0.739. The van der Waals surface area contributed by atoms with Crippen LogP contribution in [0.4, 0.5) is 0 Å². The molecule has 9 nitrogen and oxygen atoms in total. The average Bonchev–Trinajstić information content (AvgIpc) is 3.35. The molecule has 0 unspecified atom stereocenters. The van der Waals surface area contributed by atoms with Crippen LogP contribution in [0.1, 0.15) is 11.1 Å². The van der Waals surface area contributed by atoms with Gasteiger partial charge >= 0.3 is 0 Å². The number of methoxy groups -OCH3 is 1. The number of hydrazone groups is 1. The minimum absolute atomic E-state index is 0.0218. The number of hydrogen-bond donors (Lipinski definition) is 1. The number of ether oxygens (including phenoxy) is 3. The van der Waals surface area contributed by atoms with E-state index in [9.17, 15) is 4.79 Å². The summed E-state index contributed by atoms with van der Waals surface area (Å²) >= 11 is 1.24. The SMILES string of the molecule is COc1cccc(OCCOc2ccc(/C=C3/C(=N)N4N=C(c5cccnc5)SC4=NC3=O)cc2)c1. The zero-order chi connectivity index (χ0) is 24.9. The minimum Gasteiger partial charge on any atom is -0.497 e. The van der Waals surface area contributed by atoms with E-state index in [0.717, 1.165) is 16.9 Å². The largest absolute Gasteiger partial charge is 0.497 e. The number of fused-ring (bicyclic) bond motifs is 1. The number of benzene rings is 2. The van der Waals surface area contributed by atoms with E-state index in [4.69, 9.17) is 19.6 Å². The Balaban J connectivity index is 1.21. The molecule has 1 aromatic heterocycles. The van der Waals surface area contributed by atoms with Gasteiger partial charge < -0.3 is 14.2 Å². The summed E-state index contributed by atoms with van der Waals surface area (Å²) in [5.74, 6) is 1.61. The summed E-state index contributed by atoms with van der Waals surface area (Å²) < 4.78 is 16.6. The van der Waals surface area contributed by atoms with Crippen LogP contribution in [-0.4, -0.2) is 52.3 Å². The highest BCUT2D eigenvalue weighted by Gasteiger charge is 2.36. The van der Waals surface area contributed by atoms with Gasteiger partial charge in [0.2, 0.25) is 5.17 Å². The molecule has 36 heavy (non-hydrogen) atoms. The van der Waals surface area contributed by atoms with E-state index in [0.29, 0.717) is 34.9 Å². The lowest BCUT2D eigenvalue weighted by Gasteiger charge is -2.20. The summed E-state index contributed by atoms with van der Waals surface area (Å²) in [7, 11) is 1.61. The highest BCUT2D eigenvalue weighted by atomic mass is 32.2. The van der Waals surface area contributed by atoms with Crippen molar-refractivity contribution >= 4 is 39.8 Å². The number of carbonyl (C=O) groups excluding carboxylic acids is 1. The fourth-order valence-corrected chi connectivity index (χ4v) is 4.32. The van der Waals surface area contributed by atoms with Crippen LogP contribution < -0.4 is 14.2 Å². The maximum absolute atomic E-state index is 12.6. The Morgan fingerprint density at radius 3 is 2.53 bits per heavy atom. The zero-order valence-electron chi connectivity index (χ0n) is 19.2. The second kappa shape index (κ2) is 10.4. The summed E-state index contributed by atoms with van der Waals surface area (Å²) in [6, 6.07) is 18.3. The summed E-state index contributed by atoms with van der Waals surface area (Å²) in [5, 5.41) is 15.4. The molecule has 2 aromatic carbocycles. The molecule has 0 saturated heterocycles. The number of aromatic nitrogens is 1. The molecule has 0 fully saturated rings. The number of carbonyl (C=O) groups is 1. The highest BCUT2D eigenvalue weighted by molar-refractivity contribution is 8.27. The average molecular weight is 500 g/mol. The van der Waals surface area contributed by atoms with Crippen molar-refractivity contribution in [3.8, 4) is 17.2 Å². The quantitative estimate of drug-likeness (QED) is 0.365. The first-order valence-corrected chi connectivity index (χ1v) is 11.8. The number of thioether (sulfide) groups is 1. The number of pyridine rings is 1. The standard InChI is InChI=1S/C26H21N5O4S/c1-33-20-5-2-6-21(15-20)35-13-12-34-19-9-7-17(8-10-19)14-22-23(27)31-26(29-24(22)32)36-25(30-31)18-4-3-11-28-16-18/h2-11,14-16,27H,12-13H2,1H3/b22-14-,27-23?. The fraction of sp³-hybridized carbons (Fsp3) is 0.115. The van der Waals surface area contributed by atoms with Crippen molar-refractivity contribution in [2.45, 2.75) is 0 Å². The van der Waals surface area contributed by atoms with Gasteiger partial charge in [-0.15, -0.1) is 0 Å². The monoisotopic (exact) mass is 499 g/mol. The van der Waals surface area contributed by atoms with Crippen molar-refractivity contribution in [2.24, 2.45) is 10.1 Å². The molecular formula is C26H21N5O4S. The molecule has 0 radical (unpaired) electrons. The van der Waals surface area contributed by atoms with E-state index in [1.165, 1.54) is 16.8 Å². The molecule has 180 valence electrons. The molecule has 0 aliphatic carbocycles. The number of hydrogen-bond acceptors (Lipinski definition) is 8. The smallest absolute Gasteiger partial charge is 0.283 e. The first-order chi connectivity index (χ1) is 17.6. The molecule has 5 rings (SSSR count). The van der Waals surface area contributed by atoms with Crippen molar-refractivity contribution in [3.63, 3.8) is 0 Å². The third-order valence-electron chi connectivity index (χ3n) is 5.22. The van der Waals surface area contributed by atoms with E-state index in [1.807, 2.05) is 42.5 Å². The normalized spacial score (nSPS) is 15.9. The van der Waals surface area contributed by atoms with Crippen LogP contribution in [0.5, 0.6) is 17.2 Å². The molecule has 1 amide bonds. The van der Waals surface area contributed by atoms with Crippen LogP contribution >= 0.6 is 11.8 Å². The minimum atomic E-state index is -0.476. The molecule has 0 saturated carbocycles. The van der Waals surface area contributed by atoms with Crippen molar-refractivity contribution < 1.29 is 19.0 Å². The Morgan fingerprint density at radius 2 is 1.78 bits per heavy atom. The van der Waals surface area contributed by atoms with Gasteiger partial charge in [0.05, 0.1) is 12.7 Å². The molecule has 0 bridgehead atoms. The highest BCUT2D eigenvalue weighted by Crippen LogP contribution is 2.30. The van der Waals surface area contributed by atoms with E-state index in [-0.39, 0.29) is 11.4 Å². The third kappa shape index (κ3) is 5.13. The lowest BCUT2D eigenvalue weighted by Crippen LogP contribution is -2.35. The number of amidine groups is 2. The van der Waals surface area contributed by atoms with Gasteiger partial charge in [0, 0.05) is 24.0 Å². The van der Waals surface area contributed by atoms with E-state index in [2.05, 4.69) is 15.1 Å². The summed E-state index contributed by atoms with van der Waals surface area (Å²) in [4.78, 5) is 20.9. The van der Waals surface area contributed by atoms with Crippen LogP contribution in [0.25, 0.3) is 6.08 Å². The van der Waals surface area contributed by atoms with Gasteiger partial charge in [-0.2, -0.15) is 15.1 Å². The van der Waals surface area contributed by atoms with Gasteiger partial charge in [0.1, 0.15) is 35.5 Å². The predicted octanol–water partition coefficient (Wildman–Crippen LogP) is 4.22. The first kappa shape index (κ1) is 23.3. The van der Waals surface area contributed by atoms with Gasteiger partial charge in [-0.1, -0.05) is 18.2 Å². The van der Waals surface area contributed by atoms with Gasteiger partial charge in [-0.3, -0.25) is 15.2 Å². The van der Waals surface area contributed by atoms with Crippen molar-refractivity contribution in [1.29, 1.82) is 5.41 Å². The number of nitrogens with zero attached hydrogens (tertiary/aromatic N) is 4. The Bertz CT molecular complexity index is 1390. The summed E-state index contributed by atoms with van der Waals surface area (Å²) in [6.07, 6.45) is 4.98. The second-order valence-electron chi connectivity index (χ2n) is 7.61. The Labute approximate surface area is 211 Å². The van der Waals surface area contributed by atoms with Gasteiger partial charge in [-0.25, -0.2) is 0 Å². The second-order valence-corrected chi connectivity index (χ2v) is 8.57. The number of rotatable bonds is 8. The molecule has 0 atom stereocenters. The molecule has 1 N–H and O–H groups in total. The summed E-state index contributed by atoms with van der Waals surface area (Å²) in [5.41, 5.74) is 1.70. The van der Waals surface area contributed by atoms with E-state index in [1.54, 1.807) is 43.8 Å². The Hall–Kier alpha value is -4.44. The number of aliphatic imine (C=N–C) groups is 1. The lowest BCUT2D eigenvalue weighted by atomic mass is 10.1. The van der Waals surface area contributed by atoms with Crippen molar-refractivity contribution in [1.82, 2.24) is 9.99 Å². The van der Waals surface area contributed by atoms with Crippen LogP contribution in [0.3, 0.4) is 0 Å². The molecule has 2 aliphatic rings. The molecule has 10 heteroatoms. The van der Waals surface area contributed by atoms with Crippen LogP contribution in [0, 0.1) is 5.41 Å². The van der Waals surface area contributed by atoms with Crippen LogP contribution in [-0.2, 0) is 4.79 Å². The first-order valence-electron chi connectivity index (χ1n) is 11.0. The Morgan fingerprint density at radius 1 is 1.00 bits per heavy atom. The lowest BCUT2D eigenvalue weighted by molar-refractivity contribution is -0.114. The third-order valence-corrected chi connectivity index (χ3v) is 6.17. The zero-order valence-corrected chi connectivity index (χ0v) is 20.1. The van der Waals surface area contributed by atoms with E-state index >= 15 is 0 Å². The van der Waals surface area contributed by atoms with Crippen LogP contribution in [0.15, 0.2) is 88.7 Å². The molecule has 3 aromatic rings. The maximum atomic E-state index is 12.6. The molecule has 0 spiro atoms. The maximum Gasteiger partial charge on any atom is 0.283 e. The van der Waals surface area contributed by atoms with Crippen LogP contribution in [0.2, 0.25) is 0 Å². The van der Waals surface area contributed by atoms with E-state index < -0.39 is 5.91 Å². The van der Waals surface area contributed by atoms with Gasteiger partial charge in [-0.05, 0) is 59.8 Å². The van der Waals surface area contributed by atoms with Crippen molar-refractivity contribution in [3.05, 3.63) is 89.8 Å². The fourth-order valence-electron chi connectivity index (χ4n) is 3.43. The molecule has 3 heterocycles. The van der Waals surface area contributed by atoms with Gasteiger partial charge in [0.15, 0.2) is 5.84 Å². The van der Waals surface area contributed by atoms with Gasteiger partial charge in [0.25, 0.3) is 5.91 Å². The topological polar surface area (TPSA) is 109 Å².